The molecule has 3 heterocycles. The van der Waals surface area contributed by atoms with Gasteiger partial charge in [-0.2, -0.15) is 0 Å². The molecule has 10 heteroatoms. The van der Waals surface area contributed by atoms with Gasteiger partial charge in [0, 0.05) is 26.2 Å². The Bertz CT molecular complexity index is 1490. The summed E-state index contributed by atoms with van der Waals surface area (Å²) in [4.78, 5) is 33.7. The number of allylic oxidation sites excluding steroid dienone is 1. The van der Waals surface area contributed by atoms with Crippen LogP contribution in [0.5, 0.6) is 11.5 Å². The van der Waals surface area contributed by atoms with E-state index in [4.69, 9.17) is 18.6 Å². The Morgan fingerprint density at radius 3 is 2.61 bits per heavy atom. The van der Waals surface area contributed by atoms with E-state index in [1.807, 2.05) is 38.1 Å². The predicted octanol–water partition coefficient (Wildman–Crippen LogP) is 2.86. The number of hydrogen-bond donors (Lipinski definition) is 0. The van der Waals surface area contributed by atoms with Crippen LogP contribution in [-0.4, -0.2) is 45.0 Å². The van der Waals surface area contributed by atoms with Crippen molar-refractivity contribution in [2.45, 2.75) is 26.8 Å². The average molecular weight is 512 g/mol. The second-order valence-corrected chi connectivity index (χ2v) is 9.23. The van der Waals surface area contributed by atoms with Crippen molar-refractivity contribution in [3.63, 3.8) is 0 Å². The fourth-order valence-electron chi connectivity index (χ4n) is 4.03. The Morgan fingerprint density at radius 2 is 1.97 bits per heavy atom. The van der Waals surface area contributed by atoms with Crippen LogP contribution in [0.25, 0.3) is 6.08 Å². The molecule has 36 heavy (non-hydrogen) atoms. The number of ether oxygens (including phenoxy) is 3. The zero-order chi connectivity index (χ0) is 26.0. The number of esters is 1. The van der Waals surface area contributed by atoms with Crippen LogP contribution < -0.4 is 29.3 Å². The minimum atomic E-state index is -0.749. The van der Waals surface area contributed by atoms with Gasteiger partial charge >= 0.3 is 5.97 Å². The number of carbonyl (C=O) groups excluding carboxylic acids is 1. The van der Waals surface area contributed by atoms with Gasteiger partial charge in [0.1, 0.15) is 5.76 Å². The summed E-state index contributed by atoms with van der Waals surface area (Å²) in [7, 11) is 5.31. The Balaban J connectivity index is 1.94. The van der Waals surface area contributed by atoms with E-state index in [1.165, 1.54) is 15.9 Å². The van der Waals surface area contributed by atoms with Gasteiger partial charge in [0.05, 0.1) is 42.2 Å². The Morgan fingerprint density at radius 1 is 1.19 bits per heavy atom. The monoisotopic (exact) mass is 511 g/mol. The third kappa shape index (κ3) is 4.68. The zero-order valence-electron chi connectivity index (χ0n) is 21.2. The number of hydrogen-bond acceptors (Lipinski definition) is 9. The van der Waals surface area contributed by atoms with E-state index in [9.17, 15) is 9.59 Å². The molecule has 1 unspecified atom stereocenters. The minimum absolute atomic E-state index is 0.201. The van der Waals surface area contributed by atoms with Crippen LogP contribution in [0, 0.1) is 0 Å². The lowest BCUT2D eigenvalue weighted by atomic mass is 9.95. The molecule has 1 aliphatic rings. The summed E-state index contributed by atoms with van der Waals surface area (Å²) >= 11 is 1.24. The normalized spacial score (nSPS) is 15.4. The number of fused-ring (bicyclic) bond motifs is 1. The number of nitrogens with zero attached hydrogens (tertiary/aromatic N) is 3. The molecule has 1 aliphatic heterocycles. The van der Waals surface area contributed by atoms with Crippen molar-refractivity contribution >= 4 is 29.3 Å². The zero-order valence-corrected chi connectivity index (χ0v) is 22.0. The van der Waals surface area contributed by atoms with Crippen LogP contribution in [0.15, 0.2) is 55.8 Å². The van der Waals surface area contributed by atoms with E-state index < -0.39 is 12.0 Å². The summed E-state index contributed by atoms with van der Waals surface area (Å²) in [6, 6.07) is 8.26. The Kier molecular flexibility index (Phi) is 7.35. The smallest absolute Gasteiger partial charge is 0.338 e. The molecule has 9 nitrogen and oxygen atoms in total. The highest BCUT2D eigenvalue weighted by molar-refractivity contribution is 7.07. The summed E-state index contributed by atoms with van der Waals surface area (Å²) in [6.07, 6.45) is 1.69. The highest BCUT2D eigenvalue weighted by Crippen LogP contribution is 2.36. The molecular formula is C26H29N3O6S. The second-order valence-electron chi connectivity index (χ2n) is 8.22. The molecule has 0 amide bonds. The van der Waals surface area contributed by atoms with Gasteiger partial charge in [-0.1, -0.05) is 17.4 Å². The second kappa shape index (κ2) is 10.4. The van der Waals surface area contributed by atoms with Gasteiger partial charge in [0.25, 0.3) is 5.56 Å². The van der Waals surface area contributed by atoms with Crippen molar-refractivity contribution < 1.29 is 23.4 Å². The molecule has 0 N–H and O–H groups in total. The maximum atomic E-state index is 13.7. The number of anilines is 1. The summed E-state index contributed by atoms with van der Waals surface area (Å²) in [5, 5.41) is 0. The van der Waals surface area contributed by atoms with Gasteiger partial charge in [-0.05, 0) is 44.5 Å². The molecule has 0 radical (unpaired) electrons. The maximum Gasteiger partial charge on any atom is 0.338 e. The molecule has 0 saturated carbocycles. The molecule has 2 aromatic heterocycles. The molecule has 0 aliphatic carbocycles. The third-order valence-electron chi connectivity index (χ3n) is 5.65. The van der Waals surface area contributed by atoms with Gasteiger partial charge < -0.3 is 23.5 Å². The molecule has 0 bridgehead atoms. The van der Waals surface area contributed by atoms with Crippen molar-refractivity contribution in [1.29, 1.82) is 0 Å². The van der Waals surface area contributed by atoms with E-state index in [1.54, 1.807) is 45.2 Å². The Labute approximate surface area is 212 Å². The molecule has 0 saturated heterocycles. The number of carbonyl (C=O) groups is 1. The van der Waals surface area contributed by atoms with Crippen molar-refractivity contribution in [3.8, 4) is 11.5 Å². The number of rotatable bonds is 8. The SMILES string of the molecule is CCOC(=O)C1=C(C)N=c2sc(=Cc3ccc(N(C)C)o3)c(=O)n2C1c1ccc(OC)c(OCC)c1. The number of thiazole rings is 1. The molecule has 1 atom stereocenters. The number of methoxy groups -OCH3 is 1. The van der Waals surface area contributed by atoms with Crippen molar-refractivity contribution in [2.24, 2.45) is 4.99 Å². The fourth-order valence-corrected chi connectivity index (χ4v) is 5.05. The van der Waals surface area contributed by atoms with E-state index in [-0.39, 0.29) is 12.2 Å². The first-order valence-corrected chi connectivity index (χ1v) is 12.4. The molecule has 0 spiro atoms. The van der Waals surface area contributed by atoms with Crippen molar-refractivity contribution in [3.05, 3.63) is 72.6 Å². The molecule has 4 rings (SSSR count). The first-order chi connectivity index (χ1) is 17.3. The van der Waals surface area contributed by atoms with Crippen molar-refractivity contribution in [1.82, 2.24) is 4.57 Å². The summed E-state index contributed by atoms with van der Waals surface area (Å²) < 4.78 is 24.3. The van der Waals surface area contributed by atoms with Crippen LogP contribution in [0.1, 0.15) is 38.1 Å². The lowest BCUT2D eigenvalue weighted by Crippen LogP contribution is -2.39. The fraction of sp³-hybridized carbons (Fsp3) is 0.346. The topological polar surface area (TPSA) is 95.5 Å². The number of furan rings is 1. The van der Waals surface area contributed by atoms with Crippen LogP contribution in [0.4, 0.5) is 5.88 Å². The van der Waals surface area contributed by atoms with Gasteiger partial charge in [-0.15, -0.1) is 0 Å². The average Bonchev–Trinajstić information content (AvgIpc) is 3.43. The van der Waals surface area contributed by atoms with Crippen LogP contribution in [-0.2, 0) is 9.53 Å². The summed E-state index contributed by atoms with van der Waals surface area (Å²) in [5.74, 6) is 1.78. The van der Waals surface area contributed by atoms with E-state index in [2.05, 4.69) is 4.99 Å². The highest BCUT2D eigenvalue weighted by Gasteiger charge is 2.34. The van der Waals surface area contributed by atoms with E-state index in [0.29, 0.717) is 55.9 Å². The molecule has 190 valence electrons. The molecule has 0 fully saturated rings. The van der Waals surface area contributed by atoms with Gasteiger partial charge in [0.15, 0.2) is 22.2 Å². The third-order valence-corrected chi connectivity index (χ3v) is 6.63. The lowest BCUT2D eigenvalue weighted by molar-refractivity contribution is -0.139. The summed E-state index contributed by atoms with van der Waals surface area (Å²) in [6.45, 7) is 6.00. The molecule has 3 aromatic rings. The molecule has 1 aromatic carbocycles. The first-order valence-electron chi connectivity index (χ1n) is 11.6. The number of aromatic nitrogens is 1. The Hall–Kier alpha value is -3.79. The number of benzene rings is 1. The van der Waals surface area contributed by atoms with Crippen LogP contribution >= 0.6 is 11.3 Å². The van der Waals surface area contributed by atoms with E-state index in [0.717, 1.165) is 0 Å². The standard InChI is InChI=1S/C26H29N3O6S/c1-7-33-19-13-16(9-11-18(19)32-6)23-22(25(31)34-8-2)15(3)27-26-29(23)24(30)20(36-26)14-17-10-12-21(35-17)28(4)5/h9-14,23H,7-8H2,1-6H3. The van der Waals surface area contributed by atoms with E-state index >= 15 is 0 Å². The van der Waals surface area contributed by atoms with Gasteiger partial charge in [0.2, 0.25) is 0 Å². The maximum absolute atomic E-state index is 13.7. The largest absolute Gasteiger partial charge is 0.493 e. The minimum Gasteiger partial charge on any atom is -0.493 e. The molecular weight excluding hydrogens is 482 g/mol. The summed E-state index contributed by atoms with van der Waals surface area (Å²) in [5.41, 5.74) is 1.19. The first kappa shape index (κ1) is 25.3. The van der Waals surface area contributed by atoms with Crippen LogP contribution in [0.2, 0.25) is 0 Å². The van der Waals surface area contributed by atoms with Crippen LogP contribution in [0.3, 0.4) is 0 Å². The highest BCUT2D eigenvalue weighted by atomic mass is 32.1. The van der Waals surface area contributed by atoms with Gasteiger partial charge in [-0.3, -0.25) is 9.36 Å². The lowest BCUT2D eigenvalue weighted by Gasteiger charge is -2.25. The van der Waals surface area contributed by atoms with Gasteiger partial charge in [-0.25, -0.2) is 9.79 Å². The quantitative estimate of drug-likeness (QED) is 0.429. The van der Waals surface area contributed by atoms with Crippen molar-refractivity contribution in [2.75, 3.05) is 39.3 Å². The predicted molar refractivity (Wildman–Crippen MR) is 138 cm³/mol.